The monoisotopic (exact) mass is 268 g/mol. The van der Waals surface area contributed by atoms with Crippen LogP contribution in [0.1, 0.15) is 0 Å². The van der Waals surface area contributed by atoms with Gasteiger partial charge in [0.2, 0.25) is 0 Å². The van der Waals surface area contributed by atoms with Crippen molar-refractivity contribution >= 4 is 23.2 Å². The van der Waals surface area contributed by atoms with Gasteiger partial charge in [-0.1, -0.05) is 29.3 Å². The van der Waals surface area contributed by atoms with Gasteiger partial charge in [0.25, 0.3) is 0 Å². The normalized spacial score (nSPS) is 10.3. The van der Waals surface area contributed by atoms with Crippen molar-refractivity contribution in [1.82, 2.24) is 0 Å². The first-order valence-corrected chi connectivity index (χ1v) is 5.70. The Morgan fingerprint density at radius 1 is 1.06 bits per heavy atom. The molecule has 17 heavy (non-hydrogen) atoms. The molecule has 0 aliphatic rings. The third-order valence-electron chi connectivity index (χ3n) is 2.42. The maximum absolute atomic E-state index is 9.52. The summed E-state index contributed by atoms with van der Waals surface area (Å²) in [6, 6.07) is 10.3. The van der Waals surface area contributed by atoms with Crippen molar-refractivity contribution in [2.24, 2.45) is 0 Å². The molecule has 0 saturated carbocycles. The molecule has 0 fully saturated rings. The van der Waals surface area contributed by atoms with Crippen LogP contribution in [-0.4, -0.2) is 12.2 Å². The molecule has 0 aliphatic carbocycles. The lowest BCUT2D eigenvalue weighted by Gasteiger charge is -2.08. The van der Waals surface area contributed by atoms with Crippen LogP contribution >= 0.6 is 23.2 Å². The number of hydrogen-bond acceptors (Lipinski definition) is 2. The van der Waals surface area contributed by atoms with Gasteiger partial charge in [0.1, 0.15) is 0 Å². The number of aromatic hydroxyl groups is 1. The first-order chi connectivity index (χ1) is 8.11. The fourth-order valence-corrected chi connectivity index (χ4v) is 1.96. The Bertz CT molecular complexity index is 553. The molecule has 0 unspecified atom stereocenters. The summed E-state index contributed by atoms with van der Waals surface area (Å²) < 4.78 is 5.05. The quantitative estimate of drug-likeness (QED) is 0.876. The summed E-state index contributed by atoms with van der Waals surface area (Å²) in [6.07, 6.45) is 0. The number of benzene rings is 2. The molecule has 0 aromatic heterocycles. The van der Waals surface area contributed by atoms with Crippen LogP contribution in [0.15, 0.2) is 36.4 Å². The van der Waals surface area contributed by atoms with Crippen LogP contribution < -0.4 is 4.74 Å². The fourth-order valence-electron chi connectivity index (χ4n) is 1.56. The minimum Gasteiger partial charge on any atom is -0.504 e. The Morgan fingerprint density at radius 3 is 2.53 bits per heavy atom. The topological polar surface area (TPSA) is 29.5 Å². The fraction of sp³-hybridized carbons (Fsp3) is 0.0769. The Kier molecular flexibility index (Phi) is 3.46. The van der Waals surface area contributed by atoms with Crippen molar-refractivity contribution in [3.05, 3.63) is 46.4 Å². The van der Waals surface area contributed by atoms with Gasteiger partial charge in [-0.2, -0.15) is 0 Å². The second-order valence-corrected chi connectivity index (χ2v) is 4.35. The molecule has 2 rings (SSSR count). The first-order valence-electron chi connectivity index (χ1n) is 4.94. The summed E-state index contributed by atoms with van der Waals surface area (Å²) in [4.78, 5) is 0. The second kappa shape index (κ2) is 4.86. The van der Waals surface area contributed by atoms with Crippen LogP contribution in [0.25, 0.3) is 11.1 Å². The highest BCUT2D eigenvalue weighted by Gasteiger charge is 2.08. The molecule has 0 heterocycles. The van der Waals surface area contributed by atoms with Crippen LogP contribution in [0.3, 0.4) is 0 Å². The molecule has 4 heteroatoms. The van der Waals surface area contributed by atoms with Gasteiger partial charge < -0.3 is 9.84 Å². The molecule has 2 aromatic carbocycles. The van der Waals surface area contributed by atoms with E-state index < -0.39 is 0 Å². The van der Waals surface area contributed by atoms with E-state index in [9.17, 15) is 5.11 Å². The summed E-state index contributed by atoms with van der Waals surface area (Å²) in [6.45, 7) is 0. The summed E-state index contributed by atoms with van der Waals surface area (Å²) in [7, 11) is 1.50. The lowest BCUT2D eigenvalue weighted by Crippen LogP contribution is -1.86. The van der Waals surface area contributed by atoms with E-state index in [0.29, 0.717) is 15.8 Å². The van der Waals surface area contributed by atoms with Gasteiger partial charge in [-0.05, 0) is 35.9 Å². The standard InChI is InChI=1S/C13H10Cl2O2/c1-17-13-6-8(2-5-12(13)16)10-7-9(14)3-4-11(10)15/h2-7,16H,1H3. The number of phenols is 1. The van der Waals surface area contributed by atoms with E-state index in [-0.39, 0.29) is 5.75 Å². The summed E-state index contributed by atoms with van der Waals surface area (Å²) in [5.74, 6) is 0.493. The number of phenolic OH excluding ortho intramolecular Hbond substituents is 1. The average molecular weight is 269 g/mol. The zero-order valence-corrected chi connectivity index (χ0v) is 10.6. The van der Waals surface area contributed by atoms with Crippen molar-refractivity contribution in [1.29, 1.82) is 0 Å². The third-order valence-corrected chi connectivity index (χ3v) is 2.98. The minimum absolute atomic E-state index is 0.0920. The molecule has 88 valence electrons. The number of hydrogen-bond donors (Lipinski definition) is 1. The maximum Gasteiger partial charge on any atom is 0.161 e. The highest BCUT2D eigenvalue weighted by molar-refractivity contribution is 6.35. The van der Waals surface area contributed by atoms with Gasteiger partial charge >= 0.3 is 0 Å². The highest BCUT2D eigenvalue weighted by atomic mass is 35.5. The molecule has 1 N–H and O–H groups in total. The summed E-state index contributed by atoms with van der Waals surface area (Å²) in [5.41, 5.74) is 1.64. The van der Waals surface area contributed by atoms with Gasteiger partial charge in [-0.25, -0.2) is 0 Å². The highest BCUT2D eigenvalue weighted by Crippen LogP contribution is 2.35. The molecular formula is C13H10Cl2O2. The molecular weight excluding hydrogens is 259 g/mol. The van der Waals surface area contributed by atoms with Crippen molar-refractivity contribution in [2.75, 3.05) is 7.11 Å². The zero-order chi connectivity index (χ0) is 12.4. The number of ether oxygens (including phenoxy) is 1. The van der Waals surface area contributed by atoms with Crippen molar-refractivity contribution < 1.29 is 9.84 Å². The minimum atomic E-state index is 0.0920. The molecule has 0 amide bonds. The Morgan fingerprint density at radius 2 is 1.82 bits per heavy atom. The van der Waals surface area contributed by atoms with Crippen LogP contribution in [0, 0.1) is 0 Å². The Hall–Kier alpha value is -1.38. The second-order valence-electron chi connectivity index (χ2n) is 3.51. The first kappa shape index (κ1) is 12.1. The lowest BCUT2D eigenvalue weighted by atomic mass is 10.1. The molecule has 0 atom stereocenters. The molecule has 0 radical (unpaired) electrons. The molecule has 0 aliphatic heterocycles. The molecule has 0 spiro atoms. The molecule has 0 bridgehead atoms. The van der Waals surface area contributed by atoms with E-state index in [1.165, 1.54) is 7.11 Å². The molecule has 2 aromatic rings. The van der Waals surface area contributed by atoms with Crippen LogP contribution in [-0.2, 0) is 0 Å². The van der Waals surface area contributed by atoms with E-state index in [1.807, 2.05) is 0 Å². The third kappa shape index (κ3) is 2.48. The van der Waals surface area contributed by atoms with E-state index in [4.69, 9.17) is 27.9 Å². The van der Waals surface area contributed by atoms with Crippen molar-refractivity contribution in [3.8, 4) is 22.6 Å². The SMILES string of the molecule is COc1cc(-c2cc(Cl)ccc2Cl)ccc1O. The van der Waals surface area contributed by atoms with E-state index >= 15 is 0 Å². The largest absolute Gasteiger partial charge is 0.504 e. The Labute approximate surface area is 109 Å². The molecule has 0 saturated heterocycles. The number of halogens is 2. The van der Waals surface area contributed by atoms with E-state index in [0.717, 1.165) is 11.1 Å². The van der Waals surface area contributed by atoms with Gasteiger partial charge in [0.15, 0.2) is 11.5 Å². The van der Waals surface area contributed by atoms with E-state index in [1.54, 1.807) is 36.4 Å². The number of methoxy groups -OCH3 is 1. The summed E-state index contributed by atoms with van der Waals surface area (Å²) >= 11 is 12.0. The maximum atomic E-state index is 9.52. The van der Waals surface area contributed by atoms with Gasteiger partial charge in [0.05, 0.1) is 7.11 Å². The average Bonchev–Trinajstić information content (AvgIpc) is 2.33. The van der Waals surface area contributed by atoms with Crippen LogP contribution in [0.5, 0.6) is 11.5 Å². The molecule has 2 nitrogen and oxygen atoms in total. The van der Waals surface area contributed by atoms with Crippen molar-refractivity contribution in [2.45, 2.75) is 0 Å². The number of rotatable bonds is 2. The Balaban J connectivity index is 2.56. The van der Waals surface area contributed by atoms with Crippen LogP contribution in [0.4, 0.5) is 0 Å². The zero-order valence-electron chi connectivity index (χ0n) is 9.08. The van der Waals surface area contributed by atoms with Crippen LogP contribution in [0.2, 0.25) is 10.0 Å². The smallest absolute Gasteiger partial charge is 0.161 e. The van der Waals surface area contributed by atoms with Crippen molar-refractivity contribution in [3.63, 3.8) is 0 Å². The lowest BCUT2D eigenvalue weighted by molar-refractivity contribution is 0.373. The predicted molar refractivity (Wildman–Crippen MR) is 70.1 cm³/mol. The summed E-state index contributed by atoms with van der Waals surface area (Å²) in [5, 5.41) is 10.7. The van der Waals surface area contributed by atoms with E-state index in [2.05, 4.69) is 0 Å². The predicted octanol–water partition coefficient (Wildman–Crippen LogP) is 4.37. The van der Waals surface area contributed by atoms with Gasteiger partial charge in [-0.15, -0.1) is 0 Å². The van der Waals surface area contributed by atoms with Gasteiger partial charge in [0, 0.05) is 15.6 Å². The van der Waals surface area contributed by atoms with Gasteiger partial charge in [-0.3, -0.25) is 0 Å².